The molecule has 14 heavy (non-hydrogen) atoms. The third-order valence-electron chi connectivity index (χ3n) is 0.803. The lowest BCUT2D eigenvalue weighted by Gasteiger charge is -2.22. The first-order chi connectivity index (χ1) is 6.19. The van der Waals surface area contributed by atoms with E-state index in [1.807, 2.05) is 0 Å². The molecule has 0 amide bonds. The van der Waals surface area contributed by atoms with Crippen LogP contribution in [0.25, 0.3) is 0 Å². The van der Waals surface area contributed by atoms with Gasteiger partial charge < -0.3 is 9.99 Å². The van der Waals surface area contributed by atoms with Crippen molar-refractivity contribution in [3.05, 3.63) is 0 Å². The Labute approximate surface area is 83.4 Å². The Morgan fingerprint density at radius 1 is 1.36 bits per heavy atom. The predicted octanol–water partition coefficient (Wildman–Crippen LogP) is 0.793. The van der Waals surface area contributed by atoms with Gasteiger partial charge in [-0.25, -0.2) is 4.79 Å². The molecule has 0 aliphatic heterocycles. The fraction of sp³-hybridized carbons (Fsp3) is 0.833. The Morgan fingerprint density at radius 3 is 2.21 bits per heavy atom. The normalized spacial score (nSPS) is 12.7. The van der Waals surface area contributed by atoms with E-state index in [1.165, 1.54) is 20.8 Å². The van der Waals surface area contributed by atoms with Crippen molar-refractivity contribution < 1.29 is 32.9 Å². The minimum atomic E-state index is -3.97. The van der Waals surface area contributed by atoms with Crippen LogP contribution in [0, 0.1) is 0 Å². The van der Waals surface area contributed by atoms with Gasteiger partial charge in [-0.15, -0.1) is 0 Å². The molecule has 0 bridgehead atoms. The molecule has 0 aliphatic rings. The zero-order valence-electron chi connectivity index (χ0n) is 7.71. The summed E-state index contributed by atoms with van der Waals surface area (Å²) in [5.41, 5.74) is -1.04. The van der Waals surface area contributed by atoms with Gasteiger partial charge in [-0.3, -0.25) is 5.04 Å². The van der Waals surface area contributed by atoms with Gasteiger partial charge in [0.05, 0.1) is 0 Å². The van der Waals surface area contributed by atoms with Crippen LogP contribution < -0.4 is 5.26 Å². The monoisotopic (exact) mass is 231 g/mol. The predicted molar refractivity (Wildman–Crippen MR) is 40.6 cm³/mol. The van der Waals surface area contributed by atoms with E-state index in [9.17, 15) is 18.8 Å². The first-order valence-corrected chi connectivity index (χ1v) is 4.19. The Morgan fingerprint density at radius 2 is 1.86 bits per heavy atom. The van der Waals surface area contributed by atoms with Gasteiger partial charge >= 0.3 is 11.2 Å². The zero-order chi connectivity index (χ0) is 11.4. The molecule has 0 fully saturated rings. The first-order valence-electron chi connectivity index (χ1n) is 3.44. The van der Waals surface area contributed by atoms with Crippen LogP contribution in [-0.4, -0.2) is 16.8 Å². The summed E-state index contributed by atoms with van der Waals surface area (Å²) < 4.78 is 33.1. The highest BCUT2D eigenvalue weighted by Crippen LogP contribution is 2.32. The molecule has 0 rings (SSSR count). The number of esters is 1. The van der Waals surface area contributed by atoms with Crippen molar-refractivity contribution in [2.24, 2.45) is 0 Å². The molecule has 0 atom stereocenters. The molecule has 0 spiro atoms. The molecule has 84 valence electrons. The molecule has 0 saturated carbocycles. The van der Waals surface area contributed by atoms with Gasteiger partial charge in [0.25, 0.3) is 0 Å². The SMILES string of the molecule is CC(C)(C)OC(=O)C(F)(F)SOO[O-]. The molecule has 0 aliphatic carbocycles. The van der Waals surface area contributed by atoms with Gasteiger partial charge in [0.1, 0.15) is 17.6 Å². The molecule has 0 radical (unpaired) electrons. The molecular weight excluding hydrogens is 222 g/mol. The molecule has 0 aromatic carbocycles. The van der Waals surface area contributed by atoms with E-state index in [-0.39, 0.29) is 0 Å². The second-order valence-electron chi connectivity index (χ2n) is 3.24. The standard InChI is InChI=1S/C6H10F2O5S/c1-5(2,3)11-4(9)6(7,8)14-13-12-10/h10H,1-3H3/p-1. The van der Waals surface area contributed by atoms with Gasteiger partial charge in [0.15, 0.2) is 0 Å². The van der Waals surface area contributed by atoms with E-state index in [1.54, 1.807) is 0 Å². The highest BCUT2D eigenvalue weighted by molar-refractivity contribution is 7.96. The van der Waals surface area contributed by atoms with Crippen molar-refractivity contribution in [3.63, 3.8) is 0 Å². The van der Waals surface area contributed by atoms with E-state index < -0.39 is 28.9 Å². The minimum absolute atomic E-state index is 0.715. The maximum absolute atomic E-state index is 12.7. The van der Waals surface area contributed by atoms with Gasteiger partial charge in [-0.05, 0) is 20.8 Å². The summed E-state index contributed by atoms with van der Waals surface area (Å²) in [6, 6.07) is 0. The number of alkyl halides is 2. The molecule has 8 heteroatoms. The van der Waals surface area contributed by atoms with Crippen LogP contribution in [0.15, 0.2) is 0 Å². The Balaban J connectivity index is 4.21. The maximum Gasteiger partial charge on any atom is 0.415 e. The number of ether oxygens (including phenoxy) is 1. The van der Waals surface area contributed by atoms with Crippen molar-refractivity contribution in [1.82, 2.24) is 0 Å². The third kappa shape index (κ3) is 5.32. The smallest absolute Gasteiger partial charge is 0.415 e. The molecule has 5 nitrogen and oxygen atoms in total. The summed E-state index contributed by atoms with van der Waals surface area (Å²) in [6.45, 7) is 4.28. The largest absolute Gasteiger partial charge is 0.691 e. The van der Waals surface area contributed by atoms with E-state index in [2.05, 4.69) is 14.1 Å². The van der Waals surface area contributed by atoms with E-state index in [0.717, 1.165) is 0 Å². The van der Waals surface area contributed by atoms with Gasteiger partial charge in [-0.2, -0.15) is 13.1 Å². The van der Waals surface area contributed by atoms with Crippen LogP contribution in [0.5, 0.6) is 0 Å². The minimum Gasteiger partial charge on any atom is -0.691 e. The highest BCUT2D eigenvalue weighted by atomic mass is 32.2. The summed E-state index contributed by atoms with van der Waals surface area (Å²) in [7, 11) is 0. The average Bonchev–Trinajstić information content (AvgIpc) is 1.97. The number of carbonyl (C=O) groups excluding carboxylic acids is 1. The van der Waals surface area contributed by atoms with Gasteiger partial charge in [-0.1, -0.05) is 0 Å². The molecule has 0 unspecified atom stereocenters. The number of hydrogen-bond acceptors (Lipinski definition) is 6. The number of rotatable bonds is 4. The zero-order valence-corrected chi connectivity index (χ0v) is 8.52. The summed E-state index contributed by atoms with van der Waals surface area (Å²) in [6.07, 6.45) is 0. The number of hydrogen-bond donors (Lipinski definition) is 0. The average molecular weight is 231 g/mol. The van der Waals surface area contributed by atoms with Crippen LogP contribution in [0.1, 0.15) is 20.8 Å². The molecule has 0 saturated heterocycles. The second-order valence-corrected chi connectivity index (χ2v) is 4.05. The summed E-state index contributed by atoms with van der Waals surface area (Å²) in [4.78, 5) is 10.8. The van der Waals surface area contributed by atoms with Crippen molar-refractivity contribution in [2.75, 3.05) is 0 Å². The van der Waals surface area contributed by atoms with Crippen LogP contribution in [0.2, 0.25) is 0 Å². The number of halogens is 2. The maximum atomic E-state index is 12.7. The van der Waals surface area contributed by atoms with Crippen LogP contribution >= 0.6 is 12.0 Å². The quantitative estimate of drug-likeness (QED) is 0.308. The highest BCUT2D eigenvalue weighted by Gasteiger charge is 2.45. The Bertz CT molecular complexity index is 203. The second kappa shape index (κ2) is 4.87. The summed E-state index contributed by atoms with van der Waals surface area (Å²) >= 11 is -0.715. The molecule has 0 aromatic rings. The topological polar surface area (TPSA) is 67.8 Å². The lowest BCUT2D eigenvalue weighted by atomic mass is 10.2. The van der Waals surface area contributed by atoms with Crippen molar-refractivity contribution in [3.8, 4) is 0 Å². The molecule has 0 heterocycles. The van der Waals surface area contributed by atoms with Gasteiger partial charge in [0, 0.05) is 0 Å². The van der Waals surface area contributed by atoms with E-state index >= 15 is 0 Å². The first kappa shape index (κ1) is 13.6. The van der Waals surface area contributed by atoms with Crippen molar-refractivity contribution >= 4 is 18.0 Å². The van der Waals surface area contributed by atoms with Crippen LogP contribution in [0.3, 0.4) is 0 Å². The van der Waals surface area contributed by atoms with Crippen molar-refractivity contribution in [2.45, 2.75) is 31.6 Å². The van der Waals surface area contributed by atoms with E-state index in [0.29, 0.717) is 0 Å². The Kier molecular flexibility index (Phi) is 4.72. The Hall–Kier alpha value is -0.440. The fourth-order valence-electron chi connectivity index (χ4n) is 0.428. The number of carbonyl (C=O) groups is 1. The summed E-state index contributed by atoms with van der Waals surface area (Å²) in [5.74, 6) is -1.80. The fourth-order valence-corrected chi connectivity index (χ4v) is 0.651. The molecule has 0 N–H and O–H groups in total. The third-order valence-corrected chi connectivity index (χ3v) is 1.30. The molecular formula is C6H9F2O5S-. The van der Waals surface area contributed by atoms with Gasteiger partial charge in [0.2, 0.25) is 0 Å². The molecule has 0 aromatic heterocycles. The lowest BCUT2D eigenvalue weighted by molar-refractivity contribution is -0.777. The summed E-state index contributed by atoms with van der Waals surface area (Å²) in [5, 5.41) is 7.96. The lowest BCUT2D eigenvalue weighted by Crippen LogP contribution is -2.34. The van der Waals surface area contributed by atoms with E-state index in [4.69, 9.17) is 0 Å². The van der Waals surface area contributed by atoms with Crippen LogP contribution in [-0.2, 0) is 18.9 Å². The van der Waals surface area contributed by atoms with Crippen LogP contribution in [0.4, 0.5) is 8.78 Å². The van der Waals surface area contributed by atoms with Crippen molar-refractivity contribution in [1.29, 1.82) is 0 Å².